The molecule has 0 radical (unpaired) electrons. The lowest BCUT2D eigenvalue weighted by molar-refractivity contribution is 0.100. The molecule has 1 aliphatic carbocycles. The van der Waals surface area contributed by atoms with Crippen LogP contribution in [0.4, 0.5) is 0 Å². The highest BCUT2D eigenvalue weighted by molar-refractivity contribution is 6.02. The van der Waals surface area contributed by atoms with E-state index in [2.05, 4.69) is 16.0 Å². The lowest BCUT2D eigenvalue weighted by Gasteiger charge is -2.18. The monoisotopic (exact) mass is 337 g/mol. The van der Waals surface area contributed by atoms with Gasteiger partial charge in [0.15, 0.2) is 5.96 Å². The van der Waals surface area contributed by atoms with Gasteiger partial charge in [0.1, 0.15) is 0 Å². The summed E-state index contributed by atoms with van der Waals surface area (Å²) in [6, 6.07) is 5.98. The van der Waals surface area contributed by atoms with Crippen molar-refractivity contribution < 1.29 is 4.79 Å². The summed E-state index contributed by atoms with van der Waals surface area (Å²) in [6.07, 6.45) is 8.87. The lowest BCUT2D eigenvalue weighted by Crippen LogP contribution is -2.24. The van der Waals surface area contributed by atoms with Gasteiger partial charge in [-0.1, -0.05) is 12.5 Å². The second-order valence-corrected chi connectivity index (χ2v) is 6.52. The summed E-state index contributed by atoms with van der Waals surface area (Å²) in [5.74, 6) is -0.317. The summed E-state index contributed by atoms with van der Waals surface area (Å²) in [6.45, 7) is 1.84. The molecule has 2 aromatic heterocycles. The topological polar surface area (TPSA) is 107 Å². The van der Waals surface area contributed by atoms with E-state index in [1.807, 2.05) is 25.3 Å². The van der Waals surface area contributed by atoms with Crippen molar-refractivity contribution in [2.45, 2.75) is 44.9 Å². The molecular weight excluding hydrogens is 314 g/mol. The summed E-state index contributed by atoms with van der Waals surface area (Å²) in [5.41, 5.74) is 15.3. The molecule has 0 aliphatic heterocycles. The van der Waals surface area contributed by atoms with Gasteiger partial charge in [-0.3, -0.25) is 14.8 Å². The van der Waals surface area contributed by atoms with Gasteiger partial charge in [-0.15, -0.1) is 0 Å². The fourth-order valence-electron chi connectivity index (χ4n) is 3.46. The first-order valence-electron chi connectivity index (χ1n) is 8.58. The highest BCUT2D eigenvalue weighted by atomic mass is 16.1. The van der Waals surface area contributed by atoms with Crippen molar-refractivity contribution in [3.63, 3.8) is 0 Å². The van der Waals surface area contributed by atoms with Crippen molar-refractivity contribution in [2.24, 2.45) is 16.5 Å². The molecular formula is C19H23N5O. The van der Waals surface area contributed by atoms with E-state index in [1.165, 1.54) is 5.56 Å². The highest BCUT2D eigenvalue weighted by Gasteiger charge is 2.23. The molecule has 1 amide bonds. The molecule has 0 saturated heterocycles. The largest absolute Gasteiger partial charge is 0.370 e. The maximum atomic E-state index is 12.2. The van der Waals surface area contributed by atoms with Gasteiger partial charge in [-0.2, -0.15) is 4.99 Å². The van der Waals surface area contributed by atoms with E-state index in [-0.39, 0.29) is 5.96 Å². The van der Waals surface area contributed by atoms with E-state index < -0.39 is 5.91 Å². The SMILES string of the molecule is Cc1nc2c(cc1C(=O)N=C(N)N)CCCCC2Cc1cccnc1. The number of guanidine groups is 1. The Bertz CT molecular complexity index is 797. The minimum atomic E-state index is -0.430. The molecule has 2 aromatic rings. The van der Waals surface area contributed by atoms with E-state index in [9.17, 15) is 4.79 Å². The molecule has 1 unspecified atom stereocenters. The van der Waals surface area contributed by atoms with Crippen LogP contribution in [0.25, 0.3) is 0 Å². The molecule has 0 aromatic carbocycles. The van der Waals surface area contributed by atoms with E-state index in [1.54, 1.807) is 6.20 Å². The molecule has 130 valence electrons. The minimum Gasteiger partial charge on any atom is -0.370 e. The van der Waals surface area contributed by atoms with E-state index in [0.29, 0.717) is 17.2 Å². The van der Waals surface area contributed by atoms with Crippen LogP contribution < -0.4 is 11.5 Å². The zero-order valence-corrected chi connectivity index (χ0v) is 14.4. The number of nitrogens with zero attached hydrogens (tertiary/aromatic N) is 3. The van der Waals surface area contributed by atoms with Gasteiger partial charge in [0.05, 0.1) is 11.3 Å². The third-order valence-electron chi connectivity index (χ3n) is 4.63. The number of hydrogen-bond donors (Lipinski definition) is 2. The molecule has 3 rings (SSSR count). The normalized spacial score (nSPS) is 16.6. The van der Waals surface area contributed by atoms with Crippen LogP contribution >= 0.6 is 0 Å². The first-order chi connectivity index (χ1) is 12.0. The number of pyridine rings is 2. The van der Waals surface area contributed by atoms with Crippen LogP contribution in [0.15, 0.2) is 35.6 Å². The maximum Gasteiger partial charge on any atom is 0.282 e. The van der Waals surface area contributed by atoms with Gasteiger partial charge in [0.2, 0.25) is 0 Å². The third kappa shape index (κ3) is 4.02. The van der Waals surface area contributed by atoms with Crippen molar-refractivity contribution in [1.82, 2.24) is 9.97 Å². The molecule has 4 N–H and O–H groups in total. The number of aryl methyl sites for hydroxylation is 2. The Morgan fingerprint density at radius 3 is 2.92 bits per heavy atom. The molecule has 6 heteroatoms. The van der Waals surface area contributed by atoms with E-state index >= 15 is 0 Å². The van der Waals surface area contributed by atoms with Crippen LogP contribution in [0.1, 0.15) is 58.1 Å². The number of rotatable bonds is 3. The highest BCUT2D eigenvalue weighted by Crippen LogP contribution is 2.33. The smallest absolute Gasteiger partial charge is 0.282 e. The Morgan fingerprint density at radius 2 is 2.20 bits per heavy atom. The molecule has 0 fully saturated rings. The predicted octanol–water partition coefficient (Wildman–Crippen LogP) is 2.25. The number of aromatic nitrogens is 2. The third-order valence-corrected chi connectivity index (χ3v) is 4.63. The zero-order chi connectivity index (χ0) is 17.8. The Hall–Kier alpha value is -2.76. The van der Waals surface area contributed by atoms with Crippen LogP contribution in [0.2, 0.25) is 0 Å². The summed E-state index contributed by atoms with van der Waals surface area (Å²) in [5, 5.41) is 0. The molecule has 0 spiro atoms. The summed E-state index contributed by atoms with van der Waals surface area (Å²) >= 11 is 0. The molecule has 25 heavy (non-hydrogen) atoms. The number of aliphatic imine (C=N–C) groups is 1. The number of nitrogens with two attached hydrogens (primary N) is 2. The van der Waals surface area contributed by atoms with Crippen molar-refractivity contribution >= 4 is 11.9 Å². The zero-order valence-electron chi connectivity index (χ0n) is 14.4. The number of hydrogen-bond acceptors (Lipinski definition) is 3. The van der Waals surface area contributed by atoms with Gasteiger partial charge in [-0.25, -0.2) is 0 Å². The average Bonchev–Trinajstić information content (AvgIpc) is 2.77. The molecule has 6 nitrogen and oxygen atoms in total. The number of fused-ring (bicyclic) bond motifs is 1. The first kappa shape index (κ1) is 17.1. The van der Waals surface area contributed by atoms with Gasteiger partial charge < -0.3 is 11.5 Å². The number of carbonyl (C=O) groups excluding carboxylic acids is 1. The first-order valence-corrected chi connectivity index (χ1v) is 8.58. The Balaban J connectivity index is 1.96. The Kier molecular flexibility index (Phi) is 5.07. The predicted molar refractivity (Wildman–Crippen MR) is 97.4 cm³/mol. The molecule has 1 aliphatic rings. The van der Waals surface area contributed by atoms with Crippen LogP contribution in [0, 0.1) is 6.92 Å². The van der Waals surface area contributed by atoms with Gasteiger partial charge in [-0.05, 0) is 55.9 Å². The molecule has 1 atom stereocenters. The van der Waals surface area contributed by atoms with Crippen LogP contribution in [-0.2, 0) is 12.8 Å². The van der Waals surface area contributed by atoms with Crippen molar-refractivity contribution in [1.29, 1.82) is 0 Å². The Labute approximate surface area is 147 Å². The second kappa shape index (κ2) is 7.42. The number of amides is 1. The quantitative estimate of drug-likeness (QED) is 0.507. The Morgan fingerprint density at radius 1 is 1.36 bits per heavy atom. The van der Waals surface area contributed by atoms with E-state index in [4.69, 9.17) is 16.5 Å². The minimum absolute atomic E-state index is 0.228. The van der Waals surface area contributed by atoms with Gasteiger partial charge in [0.25, 0.3) is 5.91 Å². The fourth-order valence-corrected chi connectivity index (χ4v) is 3.46. The molecule has 0 saturated carbocycles. The van der Waals surface area contributed by atoms with Crippen molar-refractivity contribution in [2.75, 3.05) is 0 Å². The maximum absolute atomic E-state index is 12.2. The summed E-state index contributed by atoms with van der Waals surface area (Å²) < 4.78 is 0. The van der Waals surface area contributed by atoms with Crippen LogP contribution in [0.3, 0.4) is 0 Å². The van der Waals surface area contributed by atoms with Crippen molar-refractivity contribution in [3.05, 3.63) is 58.7 Å². The molecule has 0 bridgehead atoms. The second-order valence-electron chi connectivity index (χ2n) is 6.52. The van der Waals surface area contributed by atoms with E-state index in [0.717, 1.165) is 43.4 Å². The average molecular weight is 337 g/mol. The van der Waals surface area contributed by atoms with Crippen LogP contribution in [-0.4, -0.2) is 21.8 Å². The van der Waals surface area contributed by atoms with Crippen LogP contribution in [0.5, 0.6) is 0 Å². The lowest BCUT2D eigenvalue weighted by atomic mass is 9.90. The summed E-state index contributed by atoms with van der Waals surface area (Å²) in [4.78, 5) is 24.9. The van der Waals surface area contributed by atoms with Gasteiger partial charge >= 0.3 is 0 Å². The fraction of sp³-hybridized carbons (Fsp3) is 0.368. The number of carbonyl (C=O) groups is 1. The molecule has 2 heterocycles. The van der Waals surface area contributed by atoms with Gasteiger partial charge in [0, 0.05) is 24.0 Å². The van der Waals surface area contributed by atoms with Crippen molar-refractivity contribution in [3.8, 4) is 0 Å². The summed E-state index contributed by atoms with van der Waals surface area (Å²) in [7, 11) is 0. The standard InChI is InChI=1S/C19H23N5O/c1-12-16(18(25)24-19(20)21)10-15-7-3-2-6-14(17(15)23-12)9-13-5-4-8-22-11-13/h4-5,8,10-11,14H,2-3,6-7,9H2,1H3,(H4,20,21,24,25).